The second-order valence-electron chi connectivity index (χ2n) is 6.42. The minimum absolute atomic E-state index is 0.211. The van der Waals surface area contributed by atoms with Crippen LogP contribution in [-0.2, 0) is 17.6 Å². The number of rotatable bonds is 4. The molecule has 0 bridgehead atoms. The highest BCUT2D eigenvalue weighted by atomic mass is 32.2. The maximum atomic E-state index is 12.3. The summed E-state index contributed by atoms with van der Waals surface area (Å²) in [4.78, 5) is 27.5. The van der Waals surface area contributed by atoms with Crippen LogP contribution in [0.15, 0.2) is 41.3 Å². The van der Waals surface area contributed by atoms with Crippen LogP contribution >= 0.6 is 23.1 Å². The highest BCUT2D eigenvalue weighted by Crippen LogP contribution is 2.32. The highest BCUT2D eigenvalue weighted by Gasteiger charge is 2.21. The molecule has 2 N–H and O–H groups in total. The van der Waals surface area contributed by atoms with E-state index in [2.05, 4.69) is 17.8 Å². The number of fused-ring (bicyclic) bond motifs is 1. The Morgan fingerprint density at radius 1 is 1.24 bits per heavy atom. The Balaban J connectivity index is 1.52. The Kier molecular flexibility index (Phi) is 5.81. The number of amides is 2. The number of carbonyl (C=O) groups excluding carboxylic acids is 2. The standard InChI is InChI=1S/C19H22N2O2S2/c1-12-8-9-16-14(10-12)11-17(25-16)19(23)21-20-18(22)13(2)24-15-6-4-3-5-7-15/h3-7,11-13H,8-10H2,1-2H3,(H,20,22)(H,21,23). The van der Waals surface area contributed by atoms with Gasteiger partial charge < -0.3 is 0 Å². The number of hydrogen-bond donors (Lipinski definition) is 2. The molecule has 2 unspecified atom stereocenters. The van der Waals surface area contributed by atoms with Gasteiger partial charge in [0.15, 0.2) is 0 Å². The largest absolute Gasteiger partial charge is 0.279 e. The van der Waals surface area contributed by atoms with Gasteiger partial charge in [0, 0.05) is 9.77 Å². The molecule has 1 aliphatic rings. The van der Waals surface area contributed by atoms with E-state index in [1.54, 1.807) is 0 Å². The molecule has 2 aromatic rings. The predicted molar refractivity (Wildman–Crippen MR) is 103 cm³/mol. The lowest BCUT2D eigenvalue weighted by atomic mass is 9.90. The normalized spacial score (nSPS) is 17.4. The molecule has 1 aliphatic carbocycles. The molecule has 0 radical (unpaired) electrons. The maximum Gasteiger partial charge on any atom is 0.279 e. The molecule has 132 valence electrons. The van der Waals surface area contributed by atoms with E-state index in [1.165, 1.54) is 40.0 Å². The summed E-state index contributed by atoms with van der Waals surface area (Å²) >= 11 is 3.00. The van der Waals surface area contributed by atoms with Gasteiger partial charge in [0.05, 0.1) is 10.1 Å². The predicted octanol–water partition coefficient (Wildman–Crippen LogP) is 3.81. The number of thioether (sulfide) groups is 1. The minimum Gasteiger partial charge on any atom is -0.272 e. The molecule has 2 amide bonds. The monoisotopic (exact) mass is 374 g/mol. The van der Waals surface area contributed by atoms with Gasteiger partial charge in [0.1, 0.15) is 0 Å². The van der Waals surface area contributed by atoms with E-state index in [4.69, 9.17) is 0 Å². The van der Waals surface area contributed by atoms with E-state index in [1.807, 2.05) is 43.3 Å². The first-order valence-electron chi connectivity index (χ1n) is 8.46. The molecule has 1 heterocycles. The lowest BCUT2D eigenvalue weighted by Crippen LogP contribution is -2.44. The van der Waals surface area contributed by atoms with Crippen molar-refractivity contribution in [2.75, 3.05) is 0 Å². The quantitative estimate of drug-likeness (QED) is 0.632. The van der Waals surface area contributed by atoms with Crippen molar-refractivity contribution in [2.45, 2.75) is 43.3 Å². The van der Waals surface area contributed by atoms with Gasteiger partial charge in [-0.2, -0.15) is 0 Å². The minimum atomic E-state index is -0.292. The van der Waals surface area contributed by atoms with E-state index in [9.17, 15) is 9.59 Å². The molecular formula is C19H22N2O2S2. The van der Waals surface area contributed by atoms with Gasteiger partial charge in [0.2, 0.25) is 0 Å². The van der Waals surface area contributed by atoms with Gasteiger partial charge in [-0.25, -0.2) is 0 Å². The fourth-order valence-corrected chi connectivity index (χ4v) is 4.85. The summed E-state index contributed by atoms with van der Waals surface area (Å²) in [5.74, 6) is 0.225. The van der Waals surface area contributed by atoms with Crippen molar-refractivity contribution in [3.63, 3.8) is 0 Å². The number of aryl methyl sites for hydroxylation is 1. The van der Waals surface area contributed by atoms with Crippen molar-refractivity contribution in [1.29, 1.82) is 0 Å². The SMILES string of the molecule is CC1CCc2sc(C(=O)NNC(=O)C(C)Sc3ccccc3)cc2C1. The van der Waals surface area contributed by atoms with Crippen molar-refractivity contribution in [3.05, 3.63) is 51.7 Å². The van der Waals surface area contributed by atoms with Crippen molar-refractivity contribution < 1.29 is 9.59 Å². The Morgan fingerprint density at radius 3 is 2.76 bits per heavy atom. The fraction of sp³-hybridized carbons (Fsp3) is 0.368. The first-order chi connectivity index (χ1) is 12.0. The van der Waals surface area contributed by atoms with E-state index in [0.717, 1.165) is 17.7 Å². The molecule has 1 aromatic heterocycles. The van der Waals surface area contributed by atoms with Crippen LogP contribution in [0.25, 0.3) is 0 Å². The Morgan fingerprint density at radius 2 is 2.00 bits per heavy atom. The second kappa shape index (κ2) is 8.06. The van der Waals surface area contributed by atoms with Gasteiger partial charge in [-0.05, 0) is 55.9 Å². The number of carbonyl (C=O) groups is 2. The summed E-state index contributed by atoms with van der Waals surface area (Å²) in [5, 5.41) is -0.292. The van der Waals surface area contributed by atoms with Crippen LogP contribution in [0.5, 0.6) is 0 Å². The lowest BCUT2D eigenvalue weighted by molar-refractivity contribution is -0.121. The number of hydrazine groups is 1. The van der Waals surface area contributed by atoms with Gasteiger partial charge in [-0.1, -0.05) is 25.1 Å². The molecular weight excluding hydrogens is 352 g/mol. The van der Waals surface area contributed by atoms with Crippen molar-refractivity contribution in [1.82, 2.24) is 10.9 Å². The molecule has 0 saturated heterocycles. The van der Waals surface area contributed by atoms with Crippen LogP contribution < -0.4 is 10.9 Å². The third kappa shape index (κ3) is 4.64. The van der Waals surface area contributed by atoms with Gasteiger partial charge >= 0.3 is 0 Å². The number of hydrogen-bond acceptors (Lipinski definition) is 4. The van der Waals surface area contributed by atoms with E-state index in [-0.39, 0.29) is 17.1 Å². The third-order valence-corrected chi connectivity index (χ3v) is 6.63. The zero-order valence-electron chi connectivity index (χ0n) is 14.4. The summed E-state index contributed by atoms with van der Waals surface area (Å²) < 4.78 is 0. The van der Waals surface area contributed by atoms with Crippen molar-refractivity contribution in [2.24, 2.45) is 5.92 Å². The molecule has 3 rings (SSSR count). The zero-order chi connectivity index (χ0) is 17.8. The van der Waals surface area contributed by atoms with Gasteiger partial charge in [0.25, 0.3) is 11.8 Å². The third-order valence-electron chi connectivity index (χ3n) is 4.28. The van der Waals surface area contributed by atoms with Gasteiger partial charge in [-0.3, -0.25) is 20.4 Å². The Hall–Kier alpha value is -1.79. The summed E-state index contributed by atoms with van der Waals surface area (Å²) in [7, 11) is 0. The summed E-state index contributed by atoms with van der Waals surface area (Å²) in [6, 6.07) is 11.7. The maximum absolute atomic E-state index is 12.3. The number of thiophene rings is 1. The number of benzene rings is 1. The van der Waals surface area contributed by atoms with Crippen LogP contribution in [0.2, 0.25) is 0 Å². The Bertz CT molecular complexity index is 758. The van der Waals surface area contributed by atoms with Crippen LogP contribution in [-0.4, -0.2) is 17.1 Å². The molecule has 0 fully saturated rings. The molecule has 0 aliphatic heterocycles. The van der Waals surface area contributed by atoms with Crippen molar-refractivity contribution in [3.8, 4) is 0 Å². The molecule has 1 aromatic carbocycles. The molecule has 2 atom stereocenters. The average Bonchev–Trinajstić information content (AvgIpc) is 3.03. The average molecular weight is 375 g/mol. The topological polar surface area (TPSA) is 58.2 Å². The van der Waals surface area contributed by atoms with Gasteiger partial charge in [-0.15, -0.1) is 23.1 Å². The molecule has 4 nitrogen and oxygen atoms in total. The Labute approximate surface area is 156 Å². The molecule has 0 spiro atoms. The molecule has 25 heavy (non-hydrogen) atoms. The van der Waals surface area contributed by atoms with Crippen LogP contribution in [0, 0.1) is 5.92 Å². The van der Waals surface area contributed by atoms with Crippen LogP contribution in [0.1, 0.15) is 40.4 Å². The first kappa shape index (κ1) is 18.0. The number of nitrogens with one attached hydrogen (secondary N) is 2. The van der Waals surface area contributed by atoms with Crippen molar-refractivity contribution >= 4 is 34.9 Å². The summed E-state index contributed by atoms with van der Waals surface area (Å²) in [6.45, 7) is 4.07. The van der Waals surface area contributed by atoms with E-state index >= 15 is 0 Å². The van der Waals surface area contributed by atoms with Crippen LogP contribution in [0.4, 0.5) is 0 Å². The summed E-state index contributed by atoms with van der Waals surface area (Å²) in [5.41, 5.74) is 6.37. The van der Waals surface area contributed by atoms with E-state index < -0.39 is 0 Å². The smallest absolute Gasteiger partial charge is 0.272 e. The van der Waals surface area contributed by atoms with Crippen LogP contribution in [0.3, 0.4) is 0 Å². The summed E-state index contributed by atoms with van der Waals surface area (Å²) in [6.07, 6.45) is 3.27. The zero-order valence-corrected chi connectivity index (χ0v) is 16.0. The first-order valence-corrected chi connectivity index (χ1v) is 10.2. The molecule has 6 heteroatoms. The lowest BCUT2D eigenvalue weighted by Gasteiger charge is -2.16. The second-order valence-corrected chi connectivity index (χ2v) is 8.97. The van der Waals surface area contributed by atoms with E-state index in [0.29, 0.717) is 10.8 Å². The highest BCUT2D eigenvalue weighted by molar-refractivity contribution is 8.00. The molecule has 0 saturated carbocycles. The fourth-order valence-electron chi connectivity index (χ4n) is 2.86.